The van der Waals surface area contributed by atoms with Crippen LogP contribution in [-0.2, 0) is 18.9 Å². The predicted molar refractivity (Wildman–Crippen MR) is 135 cm³/mol. The number of halogens is 1. The van der Waals surface area contributed by atoms with Crippen molar-refractivity contribution < 1.29 is 9.18 Å². The lowest BCUT2D eigenvalue weighted by molar-refractivity contribution is -0.134. The zero-order valence-electron chi connectivity index (χ0n) is 20.9. The summed E-state index contributed by atoms with van der Waals surface area (Å²) in [5.41, 5.74) is 4.47. The molecule has 1 saturated heterocycles. The van der Waals surface area contributed by atoms with E-state index in [4.69, 9.17) is 4.98 Å². The summed E-state index contributed by atoms with van der Waals surface area (Å²) in [5.74, 6) is -0.223. The van der Waals surface area contributed by atoms with Gasteiger partial charge in [0.1, 0.15) is 11.7 Å². The summed E-state index contributed by atoms with van der Waals surface area (Å²) in [6.45, 7) is 2.97. The molecule has 1 N–H and O–H groups in total. The van der Waals surface area contributed by atoms with Crippen molar-refractivity contribution in [1.29, 1.82) is 0 Å². The third-order valence-corrected chi connectivity index (χ3v) is 7.36. The van der Waals surface area contributed by atoms with Crippen LogP contribution in [0.1, 0.15) is 30.9 Å². The smallest absolute Gasteiger partial charge is 0.330 e. The van der Waals surface area contributed by atoms with Crippen LogP contribution in [0.4, 0.5) is 16.0 Å². The minimum absolute atomic E-state index is 0.106. The molecule has 37 heavy (non-hydrogen) atoms. The highest BCUT2D eigenvalue weighted by Crippen LogP contribution is 2.37. The van der Waals surface area contributed by atoms with Crippen LogP contribution >= 0.6 is 0 Å². The first kappa shape index (κ1) is 23.3. The van der Waals surface area contributed by atoms with Gasteiger partial charge >= 0.3 is 5.69 Å². The van der Waals surface area contributed by atoms with E-state index < -0.39 is 12.1 Å². The largest absolute Gasteiger partial charge is 0.342 e. The Morgan fingerprint density at radius 2 is 1.89 bits per heavy atom. The van der Waals surface area contributed by atoms with Gasteiger partial charge < -0.3 is 10.2 Å². The highest BCUT2D eigenvalue weighted by Gasteiger charge is 2.46. The van der Waals surface area contributed by atoms with Gasteiger partial charge in [-0.25, -0.2) is 14.2 Å². The maximum atomic E-state index is 13.3. The Hall–Kier alpha value is -4.09. The maximum absolute atomic E-state index is 13.3. The molecule has 2 atom stereocenters. The second-order valence-electron chi connectivity index (χ2n) is 9.94. The molecule has 192 valence electrons. The molecule has 0 spiro atoms. The van der Waals surface area contributed by atoms with Crippen LogP contribution in [0.5, 0.6) is 0 Å². The Morgan fingerprint density at radius 3 is 2.54 bits per heavy atom. The Bertz CT molecular complexity index is 1560. The van der Waals surface area contributed by atoms with E-state index >= 15 is 0 Å². The molecule has 0 bridgehead atoms. The van der Waals surface area contributed by atoms with Crippen molar-refractivity contribution in [3.05, 3.63) is 46.9 Å². The highest BCUT2D eigenvalue weighted by molar-refractivity contribution is 5.82. The fraction of sp³-hybridized carbons (Fsp3) is 0.440. The highest BCUT2D eigenvalue weighted by atomic mass is 19.1. The van der Waals surface area contributed by atoms with Crippen LogP contribution in [0.3, 0.4) is 0 Å². The van der Waals surface area contributed by atoms with E-state index in [1.165, 1.54) is 0 Å². The number of likely N-dealkylation sites (tertiary alicyclic amines) is 1. The molecular weight excluding hydrogens is 477 g/mol. The molecule has 0 unspecified atom stereocenters. The SMILES string of the molecule is Cc1cc(-c2cnn(C)c2)ncc1Nc1ncc2c(n1)n(C1CCN(C(=O)[C@@H]3C[C@H]3F)CC1)c(=O)n2C. The number of imidazole rings is 1. The molecule has 0 aromatic carbocycles. The lowest BCUT2D eigenvalue weighted by Gasteiger charge is -2.32. The Balaban J connectivity index is 1.25. The number of pyridine rings is 1. The molecular formula is C25H28FN9O2. The number of fused-ring (bicyclic) bond motifs is 1. The number of piperidine rings is 1. The van der Waals surface area contributed by atoms with Crippen LogP contribution in [0.25, 0.3) is 22.4 Å². The van der Waals surface area contributed by atoms with Gasteiger partial charge in [-0.2, -0.15) is 10.1 Å². The van der Waals surface area contributed by atoms with E-state index in [2.05, 4.69) is 20.4 Å². The second kappa shape index (κ2) is 8.79. The number of anilines is 2. The molecule has 4 aromatic rings. The van der Waals surface area contributed by atoms with Crippen LogP contribution < -0.4 is 11.0 Å². The molecule has 1 saturated carbocycles. The van der Waals surface area contributed by atoms with E-state index in [1.54, 1.807) is 44.4 Å². The summed E-state index contributed by atoms with van der Waals surface area (Å²) in [7, 11) is 3.57. The average Bonchev–Trinajstić information content (AvgIpc) is 3.37. The number of carbonyl (C=O) groups is 1. The number of aryl methyl sites for hydroxylation is 3. The number of amides is 1. The lowest BCUT2D eigenvalue weighted by atomic mass is 10.0. The van der Waals surface area contributed by atoms with Crippen molar-refractivity contribution in [2.45, 2.75) is 38.4 Å². The van der Waals surface area contributed by atoms with Crippen LogP contribution in [0, 0.1) is 12.8 Å². The first-order valence-electron chi connectivity index (χ1n) is 12.4. The Morgan fingerprint density at radius 1 is 1.14 bits per heavy atom. The van der Waals surface area contributed by atoms with Crippen molar-refractivity contribution in [2.24, 2.45) is 20.0 Å². The van der Waals surface area contributed by atoms with Crippen LogP contribution in [-0.4, -0.2) is 63.9 Å². The van der Waals surface area contributed by atoms with Crippen molar-refractivity contribution >= 4 is 28.7 Å². The van der Waals surface area contributed by atoms with Crippen molar-refractivity contribution in [2.75, 3.05) is 18.4 Å². The fourth-order valence-corrected chi connectivity index (χ4v) is 5.04. The van der Waals surface area contributed by atoms with Gasteiger partial charge in [-0.05, 0) is 37.8 Å². The maximum Gasteiger partial charge on any atom is 0.330 e. The molecule has 2 aliphatic rings. The summed E-state index contributed by atoms with van der Waals surface area (Å²) in [5, 5.41) is 7.43. The van der Waals surface area contributed by atoms with Gasteiger partial charge in [-0.3, -0.25) is 23.6 Å². The molecule has 2 fully saturated rings. The summed E-state index contributed by atoms with van der Waals surface area (Å²) in [4.78, 5) is 41.0. The molecule has 1 aliphatic heterocycles. The van der Waals surface area contributed by atoms with Gasteiger partial charge in [0.15, 0.2) is 5.65 Å². The fourth-order valence-electron chi connectivity index (χ4n) is 5.04. The number of hydrogen-bond donors (Lipinski definition) is 1. The standard InChI is InChI=1S/C25H28FN9O2/c1-14-8-19(15-10-29-32(2)13-15)27-11-20(14)30-24-28-12-21-22(31-24)35(25(37)33(21)3)16-4-6-34(7-5-16)23(36)17-9-18(17)26/h8,10-13,16-18H,4-7,9H2,1-3H3,(H,28,30,31)/t17-,18-/m1/s1. The van der Waals surface area contributed by atoms with Gasteiger partial charge in [-0.1, -0.05) is 0 Å². The monoisotopic (exact) mass is 505 g/mol. The topological polar surface area (TPSA) is 116 Å². The van der Waals surface area contributed by atoms with Crippen LogP contribution in [0.2, 0.25) is 0 Å². The zero-order chi connectivity index (χ0) is 25.8. The van der Waals surface area contributed by atoms with Gasteiger partial charge in [0.2, 0.25) is 11.9 Å². The lowest BCUT2D eigenvalue weighted by Crippen LogP contribution is -2.41. The molecule has 4 aromatic heterocycles. The minimum atomic E-state index is -1.00. The first-order chi connectivity index (χ1) is 17.8. The minimum Gasteiger partial charge on any atom is -0.342 e. The van der Waals surface area contributed by atoms with Crippen molar-refractivity contribution in [1.82, 2.24) is 38.8 Å². The van der Waals surface area contributed by atoms with Crippen LogP contribution in [0.15, 0.2) is 35.6 Å². The number of aromatic nitrogens is 7. The van der Waals surface area contributed by atoms with Gasteiger partial charge in [0.25, 0.3) is 0 Å². The number of alkyl halides is 1. The van der Waals surface area contributed by atoms with E-state index in [1.807, 2.05) is 26.2 Å². The number of carbonyl (C=O) groups excluding carboxylic acids is 1. The predicted octanol–water partition coefficient (Wildman–Crippen LogP) is 2.50. The quantitative estimate of drug-likeness (QED) is 0.443. The van der Waals surface area contributed by atoms with E-state index in [9.17, 15) is 14.0 Å². The molecule has 6 rings (SSSR count). The number of rotatable bonds is 5. The van der Waals surface area contributed by atoms with E-state index in [0.29, 0.717) is 49.5 Å². The summed E-state index contributed by atoms with van der Waals surface area (Å²) >= 11 is 0. The summed E-state index contributed by atoms with van der Waals surface area (Å²) in [6.07, 6.45) is 7.60. The zero-order valence-corrected chi connectivity index (χ0v) is 20.9. The van der Waals surface area contributed by atoms with Gasteiger partial charge in [0.05, 0.1) is 35.9 Å². The van der Waals surface area contributed by atoms with E-state index in [0.717, 1.165) is 22.5 Å². The molecule has 11 nitrogen and oxygen atoms in total. The molecule has 1 aliphatic carbocycles. The molecule has 0 radical (unpaired) electrons. The normalized spacial score (nSPS) is 19.9. The number of nitrogens with one attached hydrogen (secondary N) is 1. The van der Waals surface area contributed by atoms with E-state index in [-0.39, 0.29) is 17.6 Å². The molecule has 12 heteroatoms. The number of nitrogens with zero attached hydrogens (tertiary/aromatic N) is 8. The first-order valence-corrected chi connectivity index (χ1v) is 12.4. The van der Waals surface area contributed by atoms with Crippen molar-refractivity contribution in [3.8, 4) is 11.3 Å². The summed E-state index contributed by atoms with van der Waals surface area (Å²) < 4.78 is 18.3. The van der Waals surface area contributed by atoms with Gasteiger partial charge in [0, 0.05) is 45.0 Å². The third-order valence-electron chi connectivity index (χ3n) is 7.36. The molecule has 5 heterocycles. The van der Waals surface area contributed by atoms with Crippen molar-refractivity contribution in [3.63, 3.8) is 0 Å². The third kappa shape index (κ3) is 4.15. The summed E-state index contributed by atoms with van der Waals surface area (Å²) in [6, 6.07) is 1.86. The second-order valence-corrected chi connectivity index (χ2v) is 9.94. The Kier molecular flexibility index (Phi) is 5.54. The average molecular weight is 506 g/mol. The Labute approximate surface area is 212 Å². The van der Waals surface area contributed by atoms with Gasteiger partial charge in [-0.15, -0.1) is 0 Å². The number of hydrogen-bond acceptors (Lipinski definition) is 7. The molecule has 1 amide bonds.